The summed E-state index contributed by atoms with van der Waals surface area (Å²) in [4.78, 5) is 23.2. The molecule has 0 aliphatic carbocycles. The quantitative estimate of drug-likeness (QED) is 0.715. The van der Waals surface area contributed by atoms with Gasteiger partial charge in [-0.3, -0.25) is 4.99 Å². The second-order valence-corrected chi connectivity index (χ2v) is 8.34. The highest BCUT2D eigenvalue weighted by atomic mass is 35.5. The maximum absolute atomic E-state index is 14.8. The van der Waals surface area contributed by atoms with Crippen LogP contribution in [0, 0.1) is 5.82 Å². The van der Waals surface area contributed by atoms with Crippen molar-refractivity contribution < 1.29 is 14.3 Å². The van der Waals surface area contributed by atoms with Crippen molar-refractivity contribution in [2.45, 2.75) is 6.92 Å². The van der Waals surface area contributed by atoms with Crippen LogP contribution in [0.5, 0.6) is 0 Å². The van der Waals surface area contributed by atoms with Gasteiger partial charge in [0.2, 0.25) is 11.5 Å². The van der Waals surface area contributed by atoms with Crippen molar-refractivity contribution >= 4 is 34.8 Å². The summed E-state index contributed by atoms with van der Waals surface area (Å²) in [5.74, 6) is -0.853. The van der Waals surface area contributed by atoms with E-state index in [2.05, 4.69) is 4.99 Å². The zero-order chi connectivity index (χ0) is 22.3. The van der Waals surface area contributed by atoms with Crippen LogP contribution in [0.2, 0.25) is 5.02 Å². The van der Waals surface area contributed by atoms with Crippen molar-refractivity contribution in [2.24, 2.45) is 9.98 Å². The standard InChI is InChI=1S/C23H22ClFN4O2/c1-14-27-22(23(30)31)20-13-26-21(16-6-4-5-7-18(16)25)17-12-15(24)8-9-19(17)29(14,20)11-10-28(2)3/h4-9,12H,10-11,13H2,1-3H3/p+1. The van der Waals surface area contributed by atoms with Gasteiger partial charge in [-0.2, -0.15) is 4.99 Å². The highest BCUT2D eigenvalue weighted by molar-refractivity contribution is 6.31. The fraction of sp³-hybridized carbons (Fsp3) is 0.261. The van der Waals surface area contributed by atoms with Crippen LogP contribution in [0.25, 0.3) is 0 Å². The molecular weight excluding hydrogens is 419 g/mol. The van der Waals surface area contributed by atoms with Gasteiger partial charge < -0.3 is 10.0 Å². The number of nitrogens with zero attached hydrogens (tertiary/aromatic N) is 4. The van der Waals surface area contributed by atoms with Crippen LogP contribution >= 0.6 is 11.6 Å². The lowest BCUT2D eigenvalue weighted by Crippen LogP contribution is -2.54. The van der Waals surface area contributed by atoms with E-state index < -0.39 is 11.8 Å². The number of carboxylic acids is 1. The Morgan fingerprint density at radius 2 is 1.97 bits per heavy atom. The Hall–Kier alpha value is -2.87. The van der Waals surface area contributed by atoms with Gasteiger partial charge in [-0.05, 0) is 38.4 Å². The molecule has 2 aromatic rings. The topological polar surface area (TPSA) is 65.3 Å². The summed E-state index contributed by atoms with van der Waals surface area (Å²) in [5.41, 5.74) is 2.84. The number of aliphatic imine (C=N–C) groups is 2. The molecule has 31 heavy (non-hydrogen) atoms. The Morgan fingerprint density at radius 1 is 1.23 bits per heavy atom. The Balaban J connectivity index is 2.05. The summed E-state index contributed by atoms with van der Waals surface area (Å²) in [6.45, 7) is 3.16. The third-order valence-corrected chi connectivity index (χ3v) is 6.02. The van der Waals surface area contributed by atoms with Crippen molar-refractivity contribution in [3.8, 4) is 0 Å². The van der Waals surface area contributed by atoms with Crippen molar-refractivity contribution in [1.29, 1.82) is 0 Å². The zero-order valence-electron chi connectivity index (χ0n) is 17.6. The third-order valence-electron chi connectivity index (χ3n) is 5.79. The second-order valence-electron chi connectivity index (χ2n) is 7.90. The number of aliphatic carboxylic acids is 1. The fourth-order valence-electron chi connectivity index (χ4n) is 4.29. The summed E-state index contributed by atoms with van der Waals surface area (Å²) >= 11 is 6.35. The number of benzene rings is 2. The predicted molar refractivity (Wildman–Crippen MR) is 121 cm³/mol. The molecule has 2 heterocycles. The lowest BCUT2D eigenvalue weighted by atomic mass is 9.98. The van der Waals surface area contributed by atoms with Crippen LogP contribution in [-0.2, 0) is 4.79 Å². The number of hydrogen-bond acceptors (Lipinski definition) is 4. The average molecular weight is 442 g/mol. The van der Waals surface area contributed by atoms with E-state index in [0.717, 1.165) is 5.69 Å². The molecule has 0 saturated heterocycles. The first-order chi connectivity index (χ1) is 14.8. The Labute approximate surface area is 185 Å². The van der Waals surface area contributed by atoms with Crippen molar-refractivity contribution in [3.05, 3.63) is 75.8 Å². The highest BCUT2D eigenvalue weighted by Crippen LogP contribution is 2.43. The number of hydrogen-bond donors (Lipinski definition) is 1. The minimum Gasteiger partial charge on any atom is -0.476 e. The molecule has 2 aliphatic rings. The number of rotatable bonds is 5. The Kier molecular flexibility index (Phi) is 5.51. The molecule has 1 unspecified atom stereocenters. The van der Waals surface area contributed by atoms with Crippen LogP contribution in [-0.4, -0.2) is 61.3 Å². The first-order valence-corrected chi connectivity index (χ1v) is 10.3. The molecular formula is C23H23ClFN4O2+. The molecule has 0 bridgehead atoms. The smallest absolute Gasteiger partial charge is 0.360 e. The molecule has 0 amide bonds. The van der Waals surface area contributed by atoms with E-state index in [4.69, 9.17) is 16.6 Å². The van der Waals surface area contributed by atoms with Gasteiger partial charge in [-0.1, -0.05) is 23.7 Å². The predicted octanol–water partition coefficient (Wildman–Crippen LogP) is 3.93. The van der Waals surface area contributed by atoms with E-state index in [1.54, 1.807) is 30.3 Å². The van der Waals surface area contributed by atoms with Crippen LogP contribution in [0.3, 0.4) is 0 Å². The molecule has 0 saturated carbocycles. The Bertz CT molecular complexity index is 1170. The number of likely N-dealkylation sites (N-methyl/N-ethyl adjacent to an activating group) is 1. The SMILES string of the molecule is CC1=NC(C(=O)O)=C2CN=C(c3ccccc3F)c3cc(Cl)ccc3[N+]12CCN(C)C. The van der Waals surface area contributed by atoms with Gasteiger partial charge in [0.05, 0.1) is 11.3 Å². The van der Waals surface area contributed by atoms with Crippen molar-refractivity contribution in [2.75, 3.05) is 33.7 Å². The molecule has 0 fully saturated rings. The molecule has 1 atom stereocenters. The first kappa shape index (κ1) is 21.4. The molecule has 1 N–H and O–H groups in total. The minimum absolute atomic E-state index is 0.00399. The lowest BCUT2D eigenvalue weighted by Gasteiger charge is -2.36. The number of carbonyl (C=O) groups is 1. The fourth-order valence-corrected chi connectivity index (χ4v) is 4.47. The molecule has 0 radical (unpaired) electrons. The van der Waals surface area contributed by atoms with Crippen molar-refractivity contribution in [1.82, 2.24) is 9.38 Å². The summed E-state index contributed by atoms with van der Waals surface area (Å²) in [6, 6.07) is 11.9. The normalized spacial score (nSPS) is 20.2. The molecule has 2 aromatic carbocycles. The molecule has 2 aliphatic heterocycles. The monoisotopic (exact) mass is 441 g/mol. The van der Waals surface area contributed by atoms with Crippen LogP contribution in [0.15, 0.2) is 63.8 Å². The van der Waals surface area contributed by atoms with Gasteiger partial charge in [0.25, 0.3) is 0 Å². The maximum Gasteiger partial charge on any atom is 0.360 e. The highest BCUT2D eigenvalue weighted by Gasteiger charge is 2.50. The number of quaternary nitrogens is 1. The van der Waals surface area contributed by atoms with E-state index in [0.29, 0.717) is 46.5 Å². The van der Waals surface area contributed by atoms with Crippen LogP contribution in [0.1, 0.15) is 18.1 Å². The molecule has 4 rings (SSSR count). The average Bonchev–Trinajstić information content (AvgIpc) is 2.92. The maximum atomic E-state index is 14.8. The summed E-state index contributed by atoms with van der Waals surface area (Å²) in [6.07, 6.45) is 0. The number of amidine groups is 1. The van der Waals surface area contributed by atoms with E-state index in [9.17, 15) is 14.3 Å². The second kappa shape index (κ2) is 8.00. The minimum atomic E-state index is -1.10. The van der Waals surface area contributed by atoms with E-state index in [1.165, 1.54) is 6.07 Å². The first-order valence-electron chi connectivity index (χ1n) is 9.91. The molecule has 6 nitrogen and oxygen atoms in total. The van der Waals surface area contributed by atoms with Gasteiger partial charge in [0, 0.05) is 30.1 Å². The van der Waals surface area contributed by atoms with E-state index in [-0.39, 0.29) is 16.7 Å². The summed E-state index contributed by atoms with van der Waals surface area (Å²) in [5, 5.41) is 10.4. The number of carboxylic acid groups (broad SMARTS) is 1. The summed E-state index contributed by atoms with van der Waals surface area (Å²) in [7, 11) is 3.93. The zero-order valence-corrected chi connectivity index (χ0v) is 18.3. The molecule has 160 valence electrons. The van der Waals surface area contributed by atoms with Gasteiger partial charge in [0.1, 0.15) is 18.9 Å². The number of fused-ring (bicyclic) bond motifs is 3. The molecule has 8 heteroatoms. The summed E-state index contributed by atoms with van der Waals surface area (Å²) < 4.78 is 14.9. The van der Waals surface area contributed by atoms with Crippen LogP contribution < -0.4 is 4.48 Å². The molecule has 0 spiro atoms. The third kappa shape index (κ3) is 3.48. The molecule has 0 aromatic heterocycles. The lowest BCUT2D eigenvalue weighted by molar-refractivity contribution is -0.132. The van der Waals surface area contributed by atoms with Crippen LogP contribution in [0.4, 0.5) is 10.1 Å². The van der Waals surface area contributed by atoms with Gasteiger partial charge >= 0.3 is 5.97 Å². The van der Waals surface area contributed by atoms with E-state index >= 15 is 0 Å². The van der Waals surface area contributed by atoms with Gasteiger partial charge in [-0.15, -0.1) is 0 Å². The largest absolute Gasteiger partial charge is 0.476 e. The Morgan fingerprint density at radius 3 is 2.65 bits per heavy atom. The van der Waals surface area contributed by atoms with Gasteiger partial charge in [-0.25, -0.2) is 13.7 Å². The van der Waals surface area contributed by atoms with Crippen molar-refractivity contribution in [3.63, 3.8) is 0 Å². The van der Waals surface area contributed by atoms with E-state index in [1.807, 2.05) is 32.0 Å². The van der Waals surface area contributed by atoms with Gasteiger partial charge in [0.15, 0.2) is 11.4 Å². The number of halogens is 2.